The average molecular weight is 241 g/mol. The van der Waals surface area contributed by atoms with Gasteiger partial charge in [-0.1, -0.05) is 27.7 Å². The summed E-state index contributed by atoms with van der Waals surface area (Å²) in [4.78, 5) is 12.1. The van der Waals surface area contributed by atoms with Crippen molar-refractivity contribution >= 4 is 5.97 Å². The molecule has 1 heterocycles. The molecule has 1 rings (SSSR count). The number of piperidine rings is 1. The van der Waals surface area contributed by atoms with Gasteiger partial charge in [0.1, 0.15) is 6.04 Å². The third kappa shape index (κ3) is 4.30. The van der Waals surface area contributed by atoms with Gasteiger partial charge in [0.25, 0.3) is 0 Å². The maximum atomic E-state index is 12.1. The highest BCUT2D eigenvalue weighted by molar-refractivity contribution is 5.77. The van der Waals surface area contributed by atoms with Crippen LogP contribution in [0.4, 0.5) is 0 Å². The van der Waals surface area contributed by atoms with Gasteiger partial charge in [0, 0.05) is 0 Å². The number of esters is 1. The third-order valence-electron chi connectivity index (χ3n) is 3.48. The summed E-state index contributed by atoms with van der Waals surface area (Å²) < 4.78 is 5.53. The van der Waals surface area contributed by atoms with Crippen molar-refractivity contribution in [2.45, 2.75) is 66.0 Å². The van der Waals surface area contributed by atoms with Crippen molar-refractivity contribution < 1.29 is 9.53 Å². The van der Waals surface area contributed by atoms with E-state index in [2.05, 4.69) is 33.0 Å². The number of carbonyl (C=O) groups is 1. The zero-order chi connectivity index (χ0) is 13.1. The van der Waals surface area contributed by atoms with Crippen LogP contribution in [0, 0.1) is 11.3 Å². The normalized spacial score (nSPS) is 25.6. The second kappa shape index (κ2) is 5.85. The molecule has 2 unspecified atom stereocenters. The van der Waals surface area contributed by atoms with E-state index in [4.69, 9.17) is 4.74 Å². The molecule has 1 aliphatic heterocycles. The number of nitrogens with one attached hydrogen (secondary N) is 1. The molecule has 0 aromatic rings. The maximum Gasteiger partial charge on any atom is 0.323 e. The maximum absolute atomic E-state index is 12.1. The first kappa shape index (κ1) is 14.5. The standard InChI is InChI=1S/C14H27NO2/c1-10(2)9-11(3)17-13(16)12-14(4,5)7-6-8-15-12/h10-12,15H,6-9H2,1-5H3. The summed E-state index contributed by atoms with van der Waals surface area (Å²) in [7, 11) is 0. The first-order valence-electron chi connectivity index (χ1n) is 6.77. The van der Waals surface area contributed by atoms with Gasteiger partial charge in [-0.3, -0.25) is 4.79 Å². The van der Waals surface area contributed by atoms with Crippen molar-refractivity contribution in [3.63, 3.8) is 0 Å². The van der Waals surface area contributed by atoms with Gasteiger partial charge in [-0.15, -0.1) is 0 Å². The SMILES string of the molecule is CC(C)CC(C)OC(=O)C1NCCCC1(C)C. The first-order valence-corrected chi connectivity index (χ1v) is 6.77. The van der Waals surface area contributed by atoms with Gasteiger partial charge >= 0.3 is 5.97 Å². The van der Waals surface area contributed by atoms with Crippen LogP contribution in [0.5, 0.6) is 0 Å². The number of hydrogen-bond donors (Lipinski definition) is 1. The summed E-state index contributed by atoms with van der Waals surface area (Å²) in [5, 5.41) is 3.29. The molecule has 0 aromatic heterocycles. The fourth-order valence-corrected chi connectivity index (χ4v) is 2.59. The molecule has 0 bridgehead atoms. The highest BCUT2D eigenvalue weighted by Crippen LogP contribution is 2.31. The van der Waals surface area contributed by atoms with Crippen molar-refractivity contribution in [1.29, 1.82) is 0 Å². The van der Waals surface area contributed by atoms with E-state index in [9.17, 15) is 4.79 Å². The average Bonchev–Trinajstić information content (AvgIpc) is 2.14. The van der Waals surface area contributed by atoms with Gasteiger partial charge in [0.05, 0.1) is 6.10 Å². The predicted molar refractivity (Wildman–Crippen MR) is 69.8 cm³/mol. The summed E-state index contributed by atoms with van der Waals surface area (Å²) in [6.45, 7) is 11.5. The van der Waals surface area contributed by atoms with E-state index in [-0.39, 0.29) is 23.5 Å². The molecular weight excluding hydrogens is 214 g/mol. The smallest absolute Gasteiger partial charge is 0.323 e. The summed E-state index contributed by atoms with van der Waals surface area (Å²) in [6, 6.07) is -0.147. The van der Waals surface area contributed by atoms with E-state index < -0.39 is 0 Å². The minimum Gasteiger partial charge on any atom is -0.461 e. The zero-order valence-corrected chi connectivity index (χ0v) is 11.9. The van der Waals surface area contributed by atoms with Gasteiger partial charge in [0.15, 0.2) is 0 Å². The van der Waals surface area contributed by atoms with E-state index in [1.807, 2.05) is 6.92 Å². The number of rotatable bonds is 4. The summed E-state index contributed by atoms with van der Waals surface area (Å²) >= 11 is 0. The van der Waals surface area contributed by atoms with Crippen LogP contribution in [0.2, 0.25) is 0 Å². The Hall–Kier alpha value is -0.570. The Morgan fingerprint density at radius 1 is 1.41 bits per heavy atom. The summed E-state index contributed by atoms with van der Waals surface area (Å²) in [5.74, 6) is 0.480. The first-order chi connectivity index (χ1) is 7.83. The van der Waals surface area contributed by atoms with Crippen molar-refractivity contribution in [2.75, 3.05) is 6.54 Å². The largest absolute Gasteiger partial charge is 0.461 e. The fourth-order valence-electron chi connectivity index (χ4n) is 2.59. The molecule has 0 saturated carbocycles. The van der Waals surface area contributed by atoms with Gasteiger partial charge in [-0.25, -0.2) is 0 Å². The molecule has 1 aliphatic rings. The Morgan fingerprint density at radius 2 is 2.06 bits per heavy atom. The van der Waals surface area contributed by atoms with Crippen LogP contribution in [0.15, 0.2) is 0 Å². The molecule has 17 heavy (non-hydrogen) atoms. The molecule has 1 saturated heterocycles. The molecule has 0 amide bonds. The molecular formula is C14H27NO2. The van der Waals surface area contributed by atoms with Crippen LogP contribution in [-0.4, -0.2) is 24.7 Å². The molecule has 3 heteroatoms. The molecule has 1 N–H and O–H groups in total. The molecule has 0 aromatic carbocycles. The van der Waals surface area contributed by atoms with Crippen LogP contribution in [0.3, 0.4) is 0 Å². The highest BCUT2D eigenvalue weighted by atomic mass is 16.5. The second-order valence-corrected chi connectivity index (χ2v) is 6.36. The fraction of sp³-hybridized carbons (Fsp3) is 0.929. The molecule has 0 spiro atoms. The van der Waals surface area contributed by atoms with E-state index in [0.29, 0.717) is 5.92 Å². The molecule has 0 aliphatic carbocycles. The Bertz CT molecular complexity index is 261. The van der Waals surface area contributed by atoms with E-state index in [0.717, 1.165) is 25.8 Å². The Balaban J connectivity index is 2.51. The summed E-state index contributed by atoms with van der Waals surface area (Å²) in [5.41, 5.74) is 0.00683. The van der Waals surface area contributed by atoms with Gasteiger partial charge in [0.2, 0.25) is 0 Å². The van der Waals surface area contributed by atoms with Crippen LogP contribution < -0.4 is 5.32 Å². The predicted octanol–water partition coefficient (Wildman–Crippen LogP) is 2.74. The van der Waals surface area contributed by atoms with E-state index in [1.54, 1.807) is 0 Å². The molecule has 1 fully saturated rings. The lowest BCUT2D eigenvalue weighted by molar-refractivity contribution is -0.155. The number of hydrogen-bond acceptors (Lipinski definition) is 3. The Kier molecular flexibility index (Phi) is 4.99. The van der Waals surface area contributed by atoms with Gasteiger partial charge < -0.3 is 10.1 Å². The topological polar surface area (TPSA) is 38.3 Å². The van der Waals surface area contributed by atoms with Crippen LogP contribution in [0.25, 0.3) is 0 Å². The van der Waals surface area contributed by atoms with Crippen molar-refractivity contribution in [2.24, 2.45) is 11.3 Å². The van der Waals surface area contributed by atoms with Gasteiger partial charge in [-0.05, 0) is 44.1 Å². The van der Waals surface area contributed by atoms with E-state index >= 15 is 0 Å². The lowest BCUT2D eigenvalue weighted by Gasteiger charge is -2.38. The second-order valence-electron chi connectivity index (χ2n) is 6.36. The lowest BCUT2D eigenvalue weighted by atomic mass is 9.77. The van der Waals surface area contributed by atoms with Crippen molar-refractivity contribution in [1.82, 2.24) is 5.32 Å². The Morgan fingerprint density at radius 3 is 2.59 bits per heavy atom. The van der Waals surface area contributed by atoms with Crippen molar-refractivity contribution in [3.8, 4) is 0 Å². The minimum atomic E-state index is -0.147. The van der Waals surface area contributed by atoms with Crippen molar-refractivity contribution in [3.05, 3.63) is 0 Å². The monoisotopic (exact) mass is 241 g/mol. The number of ether oxygens (including phenoxy) is 1. The Labute approximate surface area is 105 Å². The van der Waals surface area contributed by atoms with Crippen LogP contribution >= 0.6 is 0 Å². The number of carbonyl (C=O) groups excluding carboxylic acids is 1. The zero-order valence-electron chi connectivity index (χ0n) is 11.9. The lowest BCUT2D eigenvalue weighted by Crippen LogP contribution is -2.52. The molecule has 0 radical (unpaired) electrons. The van der Waals surface area contributed by atoms with Crippen LogP contribution in [-0.2, 0) is 9.53 Å². The molecule has 3 nitrogen and oxygen atoms in total. The quantitative estimate of drug-likeness (QED) is 0.769. The minimum absolute atomic E-state index is 0.00683. The van der Waals surface area contributed by atoms with E-state index in [1.165, 1.54) is 0 Å². The van der Waals surface area contributed by atoms with Crippen LogP contribution in [0.1, 0.15) is 53.9 Å². The van der Waals surface area contributed by atoms with Gasteiger partial charge in [-0.2, -0.15) is 0 Å². The summed E-state index contributed by atoms with van der Waals surface area (Å²) in [6.07, 6.45) is 3.16. The molecule has 2 atom stereocenters. The highest BCUT2D eigenvalue weighted by Gasteiger charge is 2.38. The molecule has 100 valence electrons. The third-order valence-corrected chi connectivity index (χ3v) is 3.48.